The fourth-order valence-corrected chi connectivity index (χ4v) is 3.92. The molecule has 0 atom stereocenters. The van der Waals surface area contributed by atoms with Gasteiger partial charge in [-0.05, 0) is 24.6 Å². The molecule has 1 aromatic carbocycles. The third-order valence-electron chi connectivity index (χ3n) is 5.65. The van der Waals surface area contributed by atoms with Crippen molar-refractivity contribution in [1.82, 2.24) is 9.80 Å². The van der Waals surface area contributed by atoms with Crippen molar-refractivity contribution in [2.45, 2.75) is 58.3 Å². The van der Waals surface area contributed by atoms with Crippen LogP contribution in [0.4, 0.5) is 5.69 Å². The molecule has 0 radical (unpaired) electrons. The number of rotatable bonds is 14. The summed E-state index contributed by atoms with van der Waals surface area (Å²) in [5.74, 6) is -0.452. The van der Waals surface area contributed by atoms with Gasteiger partial charge in [0, 0.05) is 30.8 Å². The molecule has 32 heavy (non-hydrogen) atoms. The van der Waals surface area contributed by atoms with Gasteiger partial charge in [0.15, 0.2) is 0 Å². The standard InChI is InChI=1S/C24H36ClN3O4/c1-3-4-5-6-7-8-9-13-22(29)26(14-15-32-2)17-23(30)27-18-24(31)28(19-27)21-12-10-11-20(25)16-21/h10-12,16H,3-9,13-15,17-19H2,1-2H3. The minimum atomic E-state index is -0.244. The molecule has 0 spiro atoms. The van der Waals surface area contributed by atoms with Crippen molar-refractivity contribution in [2.24, 2.45) is 0 Å². The predicted molar refractivity (Wildman–Crippen MR) is 127 cm³/mol. The van der Waals surface area contributed by atoms with E-state index in [9.17, 15) is 14.4 Å². The zero-order valence-corrected chi connectivity index (χ0v) is 20.1. The Morgan fingerprint density at radius 1 is 1.12 bits per heavy atom. The van der Waals surface area contributed by atoms with Gasteiger partial charge in [-0.1, -0.05) is 63.1 Å². The summed E-state index contributed by atoms with van der Waals surface area (Å²) < 4.78 is 5.12. The lowest BCUT2D eigenvalue weighted by atomic mass is 10.1. The first kappa shape index (κ1) is 26.1. The van der Waals surface area contributed by atoms with Crippen LogP contribution in [0.15, 0.2) is 24.3 Å². The number of benzene rings is 1. The minimum absolute atomic E-state index is 0.00455. The Balaban J connectivity index is 1.86. The van der Waals surface area contributed by atoms with Crippen LogP contribution in [0.2, 0.25) is 5.02 Å². The van der Waals surface area contributed by atoms with E-state index in [1.54, 1.807) is 36.3 Å². The Morgan fingerprint density at radius 2 is 1.84 bits per heavy atom. The van der Waals surface area contributed by atoms with Crippen molar-refractivity contribution in [3.8, 4) is 0 Å². The number of anilines is 1. The normalized spacial score (nSPS) is 13.7. The van der Waals surface area contributed by atoms with Crippen molar-refractivity contribution in [1.29, 1.82) is 0 Å². The molecule has 1 aliphatic heterocycles. The highest BCUT2D eigenvalue weighted by atomic mass is 35.5. The molecule has 8 heteroatoms. The first-order valence-electron chi connectivity index (χ1n) is 11.6. The van der Waals surface area contributed by atoms with Crippen LogP contribution in [0, 0.1) is 0 Å². The van der Waals surface area contributed by atoms with E-state index in [1.165, 1.54) is 35.5 Å². The highest BCUT2D eigenvalue weighted by Crippen LogP contribution is 2.23. The van der Waals surface area contributed by atoms with Gasteiger partial charge in [-0.15, -0.1) is 0 Å². The van der Waals surface area contributed by atoms with Crippen LogP contribution in [0.25, 0.3) is 0 Å². The molecule has 178 valence electrons. The van der Waals surface area contributed by atoms with Crippen molar-refractivity contribution in [3.05, 3.63) is 29.3 Å². The molecule has 3 amide bonds. The molecule has 0 saturated carbocycles. The summed E-state index contributed by atoms with van der Waals surface area (Å²) >= 11 is 6.03. The molecule has 1 aromatic rings. The summed E-state index contributed by atoms with van der Waals surface area (Å²) in [6.07, 6.45) is 8.36. The Hall–Kier alpha value is -2.12. The third kappa shape index (κ3) is 8.43. The van der Waals surface area contributed by atoms with Crippen molar-refractivity contribution < 1.29 is 19.1 Å². The molecule has 1 saturated heterocycles. The van der Waals surface area contributed by atoms with Gasteiger partial charge < -0.3 is 14.5 Å². The quantitative estimate of drug-likeness (QED) is 0.388. The highest BCUT2D eigenvalue weighted by Gasteiger charge is 2.33. The number of ether oxygens (including phenoxy) is 1. The molecule has 0 N–H and O–H groups in total. The predicted octanol–water partition coefficient (Wildman–Crippen LogP) is 4.09. The molecular formula is C24H36ClN3O4. The first-order valence-corrected chi connectivity index (χ1v) is 11.9. The fourth-order valence-electron chi connectivity index (χ4n) is 3.73. The zero-order chi connectivity index (χ0) is 23.3. The van der Waals surface area contributed by atoms with Crippen LogP contribution >= 0.6 is 11.6 Å². The van der Waals surface area contributed by atoms with Crippen LogP contribution in [0.3, 0.4) is 0 Å². The number of unbranched alkanes of at least 4 members (excludes halogenated alkanes) is 6. The number of nitrogens with zero attached hydrogens (tertiary/aromatic N) is 3. The largest absolute Gasteiger partial charge is 0.383 e. The lowest BCUT2D eigenvalue weighted by Crippen LogP contribution is -2.44. The van der Waals surface area contributed by atoms with E-state index in [0.29, 0.717) is 30.3 Å². The van der Waals surface area contributed by atoms with Crippen LogP contribution in [-0.4, -0.2) is 67.5 Å². The number of amides is 3. The number of carbonyl (C=O) groups is 3. The molecule has 1 aliphatic rings. The van der Waals surface area contributed by atoms with Crippen molar-refractivity contribution in [2.75, 3.05) is 44.9 Å². The molecule has 7 nitrogen and oxygen atoms in total. The summed E-state index contributed by atoms with van der Waals surface area (Å²) in [5.41, 5.74) is 0.657. The maximum atomic E-state index is 12.9. The molecule has 0 aromatic heterocycles. The molecule has 1 heterocycles. The van der Waals surface area contributed by atoms with Gasteiger partial charge in [-0.3, -0.25) is 19.3 Å². The van der Waals surface area contributed by atoms with Crippen LogP contribution in [-0.2, 0) is 19.1 Å². The Labute approximate surface area is 196 Å². The van der Waals surface area contributed by atoms with E-state index >= 15 is 0 Å². The Kier molecular flexibility index (Phi) is 11.5. The monoisotopic (exact) mass is 465 g/mol. The van der Waals surface area contributed by atoms with E-state index in [2.05, 4.69) is 6.92 Å². The molecule has 0 aliphatic carbocycles. The SMILES string of the molecule is CCCCCCCCCC(=O)N(CCOC)CC(=O)N1CC(=O)N(c2cccc(Cl)c2)C1. The number of methoxy groups -OCH3 is 1. The average Bonchev–Trinajstić information content (AvgIpc) is 3.17. The Bertz CT molecular complexity index is 759. The number of carbonyl (C=O) groups excluding carboxylic acids is 3. The maximum Gasteiger partial charge on any atom is 0.248 e. The van der Waals surface area contributed by atoms with E-state index < -0.39 is 0 Å². The zero-order valence-electron chi connectivity index (χ0n) is 19.4. The van der Waals surface area contributed by atoms with Gasteiger partial charge in [0.25, 0.3) is 0 Å². The average molecular weight is 466 g/mol. The summed E-state index contributed by atoms with van der Waals surface area (Å²) in [4.78, 5) is 42.6. The van der Waals surface area contributed by atoms with E-state index in [-0.39, 0.29) is 37.5 Å². The molecule has 0 bridgehead atoms. The summed E-state index contributed by atoms with van der Waals surface area (Å²) in [5, 5.41) is 0.529. The molecule has 2 rings (SSSR count). The van der Waals surface area contributed by atoms with Gasteiger partial charge in [0.2, 0.25) is 17.7 Å². The minimum Gasteiger partial charge on any atom is -0.383 e. The molecule has 0 unspecified atom stereocenters. The van der Waals surface area contributed by atoms with Gasteiger partial charge in [-0.25, -0.2) is 0 Å². The van der Waals surface area contributed by atoms with Gasteiger partial charge in [0.1, 0.15) is 13.2 Å². The second-order valence-corrected chi connectivity index (χ2v) is 8.65. The van der Waals surface area contributed by atoms with E-state index in [0.717, 1.165) is 19.3 Å². The van der Waals surface area contributed by atoms with E-state index in [4.69, 9.17) is 16.3 Å². The number of hydrogen-bond acceptors (Lipinski definition) is 4. The lowest BCUT2D eigenvalue weighted by molar-refractivity contribution is -0.140. The molecular weight excluding hydrogens is 430 g/mol. The first-order chi connectivity index (χ1) is 15.5. The van der Waals surface area contributed by atoms with Crippen molar-refractivity contribution in [3.63, 3.8) is 0 Å². The smallest absolute Gasteiger partial charge is 0.248 e. The number of halogens is 1. The van der Waals surface area contributed by atoms with Gasteiger partial charge in [0.05, 0.1) is 13.2 Å². The number of hydrogen-bond donors (Lipinski definition) is 0. The summed E-state index contributed by atoms with van der Waals surface area (Å²) in [6, 6.07) is 6.99. The lowest BCUT2D eigenvalue weighted by Gasteiger charge is -2.25. The second kappa shape index (κ2) is 14.1. The maximum absolute atomic E-state index is 12.9. The Morgan fingerprint density at radius 3 is 2.53 bits per heavy atom. The van der Waals surface area contributed by atoms with Gasteiger partial charge >= 0.3 is 0 Å². The van der Waals surface area contributed by atoms with Gasteiger partial charge in [-0.2, -0.15) is 0 Å². The summed E-state index contributed by atoms with van der Waals surface area (Å²) in [6.45, 7) is 3.02. The third-order valence-corrected chi connectivity index (χ3v) is 5.89. The van der Waals surface area contributed by atoms with Crippen LogP contribution < -0.4 is 4.90 Å². The highest BCUT2D eigenvalue weighted by molar-refractivity contribution is 6.31. The van der Waals surface area contributed by atoms with E-state index in [1.807, 2.05) is 0 Å². The second-order valence-electron chi connectivity index (χ2n) is 8.21. The summed E-state index contributed by atoms with van der Waals surface area (Å²) in [7, 11) is 1.57. The van der Waals surface area contributed by atoms with Crippen LogP contribution in [0.5, 0.6) is 0 Å². The van der Waals surface area contributed by atoms with Crippen LogP contribution in [0.1, 0.15) is 58.3 Å². The fraction of sp³-hybridized carbons (Fsp3) is 0.625. The topological polar surface area (TPSA) is 70.2 Å². The van der Waals surface area contributed by atoms with Crippen molar-refractivity contribution >= 4 is 35.0 Å². The molecule has 1 fully saturated rings.